The van der Waals surface area contributed by atoms with E-state index >= 15 is 0 Å². The van der Waals surface area contributed by atoms with E-state index in [-0.39, 0.29) is 0 Å². The van der Waals surface area contributed by atoms with E-state index < -0.39 is 5.97 Å². The summed E-state index contributed by atoms with van der Waals surface area (Å²) in [6.45, 7) is 0.317. The van der Waals surface area contributed by atoms with E-state index in [4.69, 9.17) is 10.2 Å². The Bertz CT molecular complexity index is 212. The number of carboxylic acids is 1. The van der Waals surface area contributed by atoms with Crippen molar-refractivity contribution in [2.75, 3.05) is 6.61 Å². The van der Waals surface area contributed by atoms with Crippen LogP contribution in [0.15, 0.2) is 12.2 Å². The fraction of sp³-hybridized carbons (Fsp3) is 0.800. The first-order valence-corrected chi connectivity index (χ1v) is 7.25. The molecule has 0 atom stereocenters. The maximum Gasteiger partial charge on any atom is 0.303 e. The second kappa shape index (κ2) is 14.2. The summed E-state index contributed by atoms with van der Waals surface area (Å²) in [5, 5.41) is 17.1. The summed E-state index contributed by atoms with van der Waals surface area (Å²) in [7, 11) is 0. The van der Waals surface area contributed by atoms with Crippen LogP contribution in [0.5, 0.6) is 0 Å². The number of hydrogen-bond donors (Lipinski definition) is 2. The van der Waals surface area contributed by atoms with Gasteiger partial charge in [-0.25, -0.2) is 0 Å². The van der Waals surface area contributed by atoms with Crippen molar-refractivity contribution < 1.29 is 15.0 Å². The fourth-order valence-corrected chi connectivity index (χ4v) is 1.86. The average Bonchev–Trinajstić information content (AvgIpc) is 2.34. The van der Waals surface area contributed by atoms with E-state index in [0.717, 1.165) is 44.9 Å². The number of unbranched alkanes of at least 4 members (excludes halogenated alkanes) is 8. The van der Waals surface area contributed by atoms with Crippen molar-refractivity contribution in [3.8, 4) is 0 Å². The van der Waals surface area contributed by atoms with Crippen LogP contribution >= 0.6 is 0 Å². The number of allylic oxidation sites excluding steroid dienone is 2. The van der Waals surface area contributed by atoms with Gasteiger partial charge in [-0.15, -0.1) is 0 Å². The molecule has 0 rings (SSSR count). The number of carbonyl (C=O) groups is 1. The van der Waals surface area contributed by atoms with Crippen LogP contribution in [-0.4, -0.2) is 22.8 Å². The molecule has 106 valence electrons. The zero-order valence-electron chi connectivity index (χ0n) is 11.4. The molecule has 0 fully saturated rings. The summed E-state index contributed by atoms with van der Waals surface area (Å²) in [5.41, 5.74) is 0. The van der Waals surface area contributed by atoms with Crippen molar-refractivity contribution in [2.45, 2.75) is 70.6 Å². The summed E-state index contributed by atoms with van der Waals surface area (Å²) in [6.07, 6.45) is 15.7. The van der Waals surface area contributed by atoms with E-state index in [1.165, 1.54) is 19.3 Å². The molecule has 2 N–H and O–H groups in total. The molecule has 0 aliphatic rings. The quantitative estimate of drug-likeness (QED) is 0.388. The molecule has 0 saturated heterocycles. The van der Waals surface area contributed by atoms with Gasteiger partial charge < -0.3 is 10.2 Å². The minimum atomic E-state index is -0.684. The Balaban J connectivity index is 3.06. The van der Waals surface area contributed by atoms with Gasteiger partial charge in [0.1, 0.15) is 0 Å². The monoisotopic (exact) mass is 256 g/mol. The van der Waals surface area contributed by atoms with E-state index in [0.29, 0.717) is 13.0 Å². The van der Waals surface area contributed by atoms with Crippen molar-refractivity contribution in [1.29, 1.82) is 0 Å². The first-order chi connectivity index (χ1) is 8.77. The van der Waals surface area contributed by atoms with Gasteiger partial charge in [0.05, 0.1) is 0 Å². The molecule has 0 amide bonds. The lowest BCUT2D eigenvalue weighted by molar-refractivity contribution is -0.137. The molecule has 0 radical (unpaired) electrons. The van der Waals surface area contributed by atoms with Gasteiger partial charge in [-0.1, -0.05) is 37.8 Å². The minimum Gasteiger partial charge on any atom is -0.481 e. The minimum absolute atomic E-state index is 0.309. The maximum atomic E-state index is 10.3. The molecule has 18 heavy (non-hydrogen) atoms. The van der Waals surface area contributed by atoms with E-state index in [2.05, 4.69) is 12.2 Å². The van der Waals surface area contributed by atoms with Gasteiger partial charge in [0.15, 0.2) is 0 Å². The highest BCUT2D eigenvalue weighted by atomic mass is 16.4. The van der Waals surface area contributed by atoms with Crippen LogP contribution in [0.2, 0.25) is 0 Å². The van der Waals surface area contributed by atoms with Crippen LogP contribution in [0, 0.1) is 0 Å². The van der Waals surface area contributed by atoms with Crippen molar-refractivity contribution in [1.82, 2.24) is 0 Å². The lowest BCUT2D eigenvalue weighted by Crippen LogP contribution is -1.93. The predicted molar refractivity (Wildman–Crippen MR) is 74.6 cm³/mol. The number of aliphatic carboxylic acids is 1. The van der Waals surface area contributed by atoms with Crippen molar-refractivity contribution >= 4 is 5.97 Å². The normalized spacial score (nSPS) is 11.2. The van der Waals surface area contributed by atoms with Crippen molar-refractivity contribution in [3.63, 3.8) is 0 Å². The lowest BCUT2D eigenvalue weighted by Gasteiger charge is -1.97. The Morgan fingerprint density at radius 1 is 0.778 bits per heavy atom. The highest BCUT2D eigenvalue weighted by molar-refractivity contribution is 5.66. The third-order valence-corrected chi connectivity index (χ3v) is 2.96. The number of aliphatic hydroxyl groups is 1. The Morgan fingerprint density at radius 2 is 1.28 bits per heavy atom. The summed E-state index contributed by atoms with van der Waals surface area (Å²) in [5.74, 6) is -0.684. The van der Waals surface area contributed by atoms with Crippen molar-refractivity contribution in [2.24, 2.45) is 0 Å². The van der Waals surface area contributed by atoms with Crippen LogP contribution in [-0.2, 0) is 4.79 Å². The molecular formula is C15H28O3. The predicted octanol–water partition coefficient (Wildman–Crippen LogP) is 3.91. The molecule has 0 aliphatic carbocycles. The van der Waals surface area contributed by atoms with Gasteiger partial charge in [-0.2, -0.15) is 0 Å². The van der Waals surface area contributed by atoms with Crippen LogP contribution in [0.4, 0.5) is 0 Å². The van der Waals surface area contributed by atoms with Crippen LogP contribution in [0.1, 0.15) is 70.6 Å². The average molecular weight is 256 g/mol. The molecule has 0 bridgehead atoms. The highest BCUT2D eigenvalue weighted by Gasteiger charge is 1.95. The zero-order valence-corrected chi connectivity index (χ0v) is 11.4. The summed E-state index contributed by atoms with van der Waals surface area (Å²) in [6, 6.07) is 0. The first-order valence-electron chi connectivity index (χ1n) is 7.25. The smallest absolute Gasteiger partial charge is 0.303 e. The largest absolute Gasteiger partial charge is 0.481 e. The molecule has 0 aromatic carbocycles. The molecule has 0 heterocycles. The van der Waals surface area contributed by atoms with E-state index in [9.17, 15) is 4.79 Å². The Labute approximate surface area is 111 Å². The standard InChI is InChI=1S/C15H28O3/c16-14-12-10-8-6-4-2-1-3-5-7-9-11-13-15(17)18/h1-2,16H,3-14H2,(H,17,18)/b2-1+. The topological polar surface area (TPSA) is 57.5 Å². The number of aliphatic hydroxyl groups excluding tert-OH is 1. The zero-order chi connectivity index (χ0) is 13.5. The van der Waals surface area contributed by atoms with Gasteiger partial charge >= 0.3 is 5.97 Å². The highest BCUT2D eigenvalue weighted by Crippen LogP contribution is 2.07. The molecule has 0 aliphatic heterocycles. The Kier molecular flexibility index (Phi) is 13.6. The van der Waals surface area contributed by atoms with Gasteiger partial charge in [0.25, 0.3) is 0 Å². The Hall–Kier alpha value is -0.830. The lowest BCUT2D eigenvalue weighted by atomic mass is 10.1. The van der Waals surface area contributed by atoms with Gasteiger partial charge in [0, 0.05) is 13.0 Å². The van der Waals surface area contributed by atoms with Crippen LogP contribution < -0.4 is 0 Å². The van der Waals surface area contributed by atoms with Gasteiger partial charge in [-0.3, -0.25) is 4.79 Å². The second-order valence-electron chi connectivity index (χ2n) is 4.74. The van der Waals surface area contributed by atoms with Gasteiger partial charge in [0.2, 0.25) is 0 Å². The fourth-order valence-electron chi connectivity index (χ4n) is 1.86. The molecule has 3 nitrogen and oxygen atoms in total. The van der Waals surface area contributed by atoms with Crippen molar-refractivity contribution in [3.05, 3.63) is 12.2 Å². The molecule has 3 heteroatoms. The Morgan fingerprint density at radius 3 is 1.78 bits per heavy atom. The van der Waals surface area contributed by atoms with E-state index in [1.807, 2.05) is 0 Å². The second-order valence-corrected chi connectivity index (χ2v) is 4.74. The summed E-state index contributed by atoms with van der Waals surface area (Å²) in [4.78, 5) is 10.3. The molecule has 0 saturated carbocycles. The molecular weight excluding hydrogens is 228 g/mol. The summed E-state index contributed by atoms with van der Waals surface area (Å²) < 4.78 is 0. The van der Waals surface area contributed by atoms with Crippen LogP contribution in [0.3, 0.4) is 0 Å². The molecule has 0 unspecified atom stereocenters. The molecule has 0 aromatic rings. The number of hydrogen-bond acceptors (Lipinski definition) is 2. The third kappa shape index (κ3) is 15.2. The summed E-state index contributed by atoms with van der Waals surface area (Å²) >= 11 is 0. The molecule has 0 aromatic heterocycles. The first kappa shape index (κ1) is 17.2. The number of rotatable bonds is 13. The van der Waals surface area contributed by atoms with E-state index in [1.54, 1.807) is 0 Å². The maximum absolute atomic E-state index is 10.3. The van der Waals surface area contributed by atoms with Crippen LogP contribution in [0.25, 0.3) is 0 Å². The SMILES string of the molecule is O=C(O)CCCCCC/C=C/CCCCCCO. The molecule has 0 spiro atoms. The third-order valence-electron chi connectivity index (χ3n) is 2.96. The number of carboxylic acid groups (broad SMARTS) is 1. The van der Waals surface area contributed by atoms with Gasteiger partial charge in [-0.05, 0) is 38.5 Å².